The summed E-state index contributed by atoms with van der Waals surface area (Å²) in [7, 11) is 0. The summed E-state index contributed by atoms with van der Waals surface area (Å²) in [6.07, 6.45) is -5.03. The third-order valence-corrected chi connectivity index (χ3v) is 5.65. The minimum absolute atomic E-state index is 0.0683. The van der Waals surface area contributed by atoms with Crippen molar-refractivity contribution in [3.05, 3.63) is 63.0 Å². The smallest absolute Gasteiger partial charge is 0.278 e. The zero-order valence-electron chi connectivity index (χ0n) is 14.7. The number of H-pyrrole nitrogens is 1. The molecule has 0 bridgehead atoms. The molecule has 0 aliphatic carbocycles. The van der Waals surface area contributed by atoms with Gasteiger partial charge in [0.2, 0.25) is 0 Å². The number of imide groups is 1. The Bertz CT molecular complexity index is 1220. The van der Waals surface area contributed by atoms with Crippen LogP contribution in [0.2, 0.25) is 5.02 Å². The molecule has 7 nitrogen and oxygen atoms in total. The van der Waals surface area contributed by atoms with Crippen LogP contribution < -0.4 is 0 Å². The van der Waals surface area contributed by atoms with Crippen LogP contribution in [0.15, 0.2) is 41.3 Å². The SMILES string of the molecule is O=C1S/C(=C(/Cc2ccc(Cl)cc2C(F)(F)F)c2ccc3[nH]nnc3c2)C(=O)N1O. The number of hydrogen-bond acceptors (Lipinski definition) is 6. The summed E-state index contributed by atoms with van der Waals surface area (Å²) in [5.41, 5.74) is 0.382. The molecule has 1 aliphatic rings. The van der Waals surface area contributed by atoms with Crippen molar-refractivity contribution < 1.29 is 28.0 Å². The predicted octanol–water partition coefficient (Wildman–Crippen LogP) is 4.67. The van der Waals surface area contributed by atoms with Gasteiger partial charge in [-0.1, -0.05) is 28.9 Å². The van der Waals surface area contributed by atoms with E-state index in [-0.39, 0.29) is 32.5 Å². The van der Waals surface area contributed by atoms with Crippen LogP contribution in [0, 0.1) is 0 Å². The summed E-state index contributed by atoms with van der Waals surface area (Å²) < 4.78 is 40.7. The number of nitrogens with zero attached hydrogens (tertiary/aromatic N) is 3. The third kappa shape index (κ3) is 3.66. The molecule has 1 fully saturated rings. The first-order valence-corrected chi connectivity index (χ1v) is 9.49. The summed E-state index contributed by atoms with van der Waals surface area (Å²) in [5.74, 6) is -1.01. The molecule has 0 saturated carbocycles. The number of amides is 2. The zero-order chi connectivity index (χ0) is 21.6. The average Bonchev–Trinajstić information content (AvgIpc) is 3.26. The van der Waals surface area contributed by atoms with Crippen molar-refractivity contribution in [1.82, 2.24) is 20.5 Å². The molecule has 2 N–H and O–H groups in total. The van der Waals surface area contributed by atoms with Gasteiger partial charge in [-0.15, -0.1) is 10.2 Å². The summed E-state index contributed by atoms with van der Waals surface area (Å²) in [5, 5.41) is 18.7. The minimum Gasteiger partial charge on any atom is -0.278 e. The maximum atomic E-state index is 13.6. The van der Waals surface area contributed by atoms with Gasteiger partial charge >= 0.3 is 11.4 Å². The molecule has 0 spiro atoms. The number of alkyl halides is 3. The van der Waals surface area contributed by atoms with Crippen LogP contribution in [0.4, 0.5) is 18.0 Å². The molecule has 1 aliphatic heterocycles. The standard InChI is InChI=1S/C18H10ClF3N4O3S/c19-10-3-1-9(12(7-10)18(20,21)22)5-11(15-16(27)26(29)17(28)30-15)8-2-4-13-14(6-8)24-25-23-13/h1-4,6-7,29H,5H2,(H,23,24,25)/b15-11-. The van der Waals surface area contributed by atoms with E-state index in [1.165, 1.54) is 18.2 Å². The first-order chi connectivity index (χ1) is 14.1. The van der Waals surface area contributed by atoms with E-state index in [1.807, 2.05) is 0 Å². The number of hydroxylamine groups is 2. The molecule has 0 unspecified atom stereocenters. The predicted molar refractivity (Wildman–Crippen MR) is 103 cm³/mol. The Morgan fingerprint density at radius 2 is 1.97 bits per heavy atom. The van der Waals surface area contributed by atoms with Crippen molar-refractivity contribution in [3.63, 3.8) is 0 Å². The minimum atomic E-state index is -4.68. The van der Waals surface area contributed by atoms with Crippen molar-refractivity contribution >= 4 is 51.1 Å². The van der Waals surface area contributed by atoms with Gasteiger partial charge in [0.25, 0.3) is 5.91 Å². The molecular formula is C18H10ClF3N4O3S. The molecule has 0 radical (unpaired) electrons. The lowest BCUT2D eigenvalue weighted by Gasteiger charge is -2.16. The highest BCUT2D eigenvalue weighted by Crippen LogP contribution is 2.40. The Morgan fingerprint density at radius 1 is 1.20 bits per heavy atom. The van der Waals surface area contributed by atoms with Crippen LogP contribution >= 0.6 is 23.4 Å². The van der Waals surface area contributed by atoms with Crippen molar-refractivity contribution in [2.24, 2.45) is 0 Å². The molecule has 1 aromatic heterocycles. The van der Waals surface area contributed by atoms with Gasteiger partial charge in [-0.3, -0.25) is 19.9 Å². The Morgan fingerprint density at radius 3 is 2.63 bits per heavy atom. The second-order valence-corrected chi connectivity index (χ2v) is 7.71. The number of hydrogen-bond donors (Lipinski definition) is 2. The molecule has 2 amide bonds. The lowest BCUT2D eigenvalue weighted by atomic mass is 9.94. The number of aromatic amines is 1. The lowest BCUT2D eigenvalue weighted by Crippen LogP contribution is -2.23. The number of thioether (sulfide) groups is 1. The van der Waals surface area contributed by atoms with Crippen LogP contribution in [0.1, 0.15) is 16.7 Å². The van der Waals surface area contributed by atoms with Crippen LogP contribution in [0.25, 0.3) is 16.6 Å². The van der Waals surface area contributed by atoms with E-state index in [4.69, 9.17) is 11.6 Å². The second-order valence-electron chi connectivity index (χ2n) is 6.31. The van der Waals surface area contributed by atoms with Crippen molar-refractivity contribution in [2.45, 2.75) is 12.6 Å². The van der Waals surface area contributed by atoms with E-state index in [0.29, 0.717) is 28.4 Å². The number of halogens is 4. The number of allylic oxidation sites excluding steroid dienone is 1. The number of benzene rings is 2. The van der Waals surface area contributed by atoms with Gasteiger partial charge in [0.15, 0.2) is 0 Å². The van der Waals surface area contributed by atoms with Crippen molar-refractivity contribution in [2.75, 3.05) is 0 Å². The topological polar surface area (TPSA) is 99.2 Å². The first kappa shape index (κ1) is 20.4. The second kappa shape index (κ2) is 7.42. The fourth-order valence-corrected chi connectivity index (χ4v) is 4.05. The van der Waals surface area contributed by atoms with E-state index < -0.39 is 22.9 Å². The molecular weight excluding hydrogens is 445 g/mol. The summed E-state index contributed by atoms with van der Waals surface area (Å²) >= 11 is 6.19. The van der Waals surface area contributed by atoms with Crippen molar-refractivity contribution in [1.29, 1.82) is 0 Å². The number of fused-ring (bicyclic) bond motifs is 1. The van der Waals surface area contributed by atoms with E-state index in [0.717, 1.165) is 6.07 Å². The molecule has 0 atom stereocenters. The van der Waals surface area contributed by atoms with Crippen LogP contribution in [-0.4, -0.2) is 36.8 Å². The molecule has 2 aromatic carbocycles. The van der Waals surface area contributed by atoms with Gasteiger partial charge in [-0.2, -0.15) is 13.2 Å². The van der Waals surface area contributed by atoms with Gasteiger partial charge in [0, 0.05) is 5.02 Å². The number of carbonyl (C=O) groups excluding carboxylic acids is 2. The maximum absolute atomic E-state index is 13.6. The van der Waals surface area contributed by atoms with E-state index in [9.17, 15) is 28.0 Å². The number of rotatable bonds is 3. The quantitative estimate of drug-likeness (QED) is 0.441. The summed E-state index contributed by atoms with van der Waals surface area (Å²) in [6, 6.07) is 8.01. The molecule has 12 heteroatoms. The normalized spacial score (nSPS) is 16.6. The van der Waals surface area contributed by atoms with Gasteiger partial charge in [-0.25, -0.2) is 0 Å². The molecule has 3 aromatic rings. The van der Waals surface area contributed by atoms with E-state index in [1.54, 1.807) is 12.1 Å². The van der Waals surface area contributed by atoms with E-state index >= 15 is 0 Å². The fourth-order valence-electron chi connectivity index (χ4n) is 3.04. The highest BCUT2D eigenvalue weighted by molar-refractivity contribution is 8.18. The lowest BCUT2D eigenvalue weighted by molar-refractivity contribution is -0.144. The first-order valence-electron chi connectivity index (χ1n) is 8.30. The Labute approximate surface area is 175 Å². The monoisotopic (exact) mass is 454 g/mol. The largest absolute Gasteiger partial charge is 0.416 e. The molecule has 1 saturated heterocycles. The number of aromatic nitrogens is 3. The highest BCUT2D eigenvalue weighted by Gasteiger charge is 2.38. The van der Waals surface area contributed by atoms with Gasteiger partial charge in [0.05, 0.1) is 16.0 Å². The molecule has 154 valence electrons. The van der Waals surface area contributed by atoms with E-state index in [2.05, 4.69) is 15.4 Å². The molecule has 2 heterocycles. The van der Waals surface area contributed by atoms with Crippen LogP contribution in [0.5, 0.6) is 0 Å². The average molecular weight is 455 g/mol. The Balaban J connectivity index is 1.90. The van der Waals surface area contributed by atoms with Crippen LogP contribution in [-0.2, 0) is 17.4 Å². The maximum Gasteiger partial charge on any atom is 0.416 e. The zero-order valence-corrected chi connectivity index (χ0v) is 16.3. The number of carbonyl (C=O) groups is 2. The molecule has 4 rings (SSSR count). The third-order valence-electron chi connectivity index (χ3n) is 4.44. The number of nitrogens with one attached hydrogen (secondary N) is 1. The van der Waals surface area contributed by atoms with Crippen molar-refractivity contribution in [3.8, 4) is 0 Å². The van der Waals surface area contributed by atoms with Gasteiger partial charge in [-0.05, 0) is 59.1 Å². The van der Waals surface area contributed by atoms with Gasteiger partial charge in [0.1, 0.15) is 5.52 Å². The molecule has 30 heavy (non-hydrogen) atoms. The summed E-state index contributed by atoms with van der Waals surface area (Å²) in [4.78, 5) is 24.0. The Hall–Kier alpha value is -2.89. The highest BCUT2D eigenvalue weighted by atomic mass is 35.5. The fraction of sp³-hybridized carbons (Fsp3) is 0.111. The van der Waals surface area contributed by atoms with Gasteiger partial charge < -0.3 is 0 Å². The summed E-state index contributed by atoms with van der Waals surface area (Å²) in [6.45, 7) is 0. The Kier molecular flexibility index (Phi) is 5.04. The van der Waals surface area contributed by atoms with Crippen LogP contribution in [0.3, 0.4) is 0 Å².